The summed E-state index contributed by atoms with van der Waals surface area (Å²) in [4.78, 5) is 14.2. The van der Waals surface area contributed by atoms with E-state index in [4.69, 9.17) is 5.11 Å². The van der Waals surface area contributed by atoms with Gasteiger partial charge in [0.25, 0.3) is 10.0 Å². The Morgan fingerprint density at radius 1 is 1.48 bits per heavy atom. The van der Waals surface area contributed by atoms with Crippen LogP contribution in [-0.4, -0.2) is 29.0 Å². The smallest absolute Gasteiger partial charge is 0.352 e. The molecule has 2 heterocycles. The fraction of sp³-hybridized carbons (Fsp3) is 0.167. The lowest BCUT2D eigenvalue weighted by Crippen LogP contribution is -2.12. The molecule has 2 N–H and O–H groups in total. The maximum absolute atomic E-state index is 12.7. The molecule has 21 heavy (non-hydrogen) atoms. The summed E-state index contributed by atoms with van der Waals surface area (Å²) in [6, 6.07) is 3.29. The van der Waals surface area contributed by atoms with Crippen LogP contribution in [0.2, 0.25) is 0 Å². The van der Waals surface area contributed by atoms with Gasteiger partial charge in [0.05, 0.1) is 11.9 Å². The zero-order valence-corrected chi connectivity index (χ0v) is 11.8. The van der Waals surface area contributed by atoms with Crippen molar-refractivity contribution in [2.24, 2.45) is 0 Å². The lowest BCUT2D eigenvalue weighted by Gasteiger charge is -2.05. The quantitative estimate of drug-likeness (QED) is 0.815. The number of carboxylic acids is 1. The van der Waals surface area contributed by atoms with E-state index in [1.807, 2.05) is 0 Å². The summed E-state index contributed by atoms with van der Waals surface area (Å²) < 4.78 is 40.5. The van der Waals surface area contributed by atoms with Crippen LogP contribution in [-0.2, 0) is 16.6 Å². The van der Waals surface area contributed by atoms with Crippen molar-refractivity contribution in [3.05, 3.63) is 42.2 Å². The molecule has 0 aliphatic heterocycles. The molecule has 2 aromatic rings. The van der Waals surface area contributed by atoms with Crippen molar-refractivity contribution < 1.29 is 22.7 Å². The number of carboxylic acid groups (broad SMARTS) is 1. The van der Waals surface area contributed by atoms with Crippen molar-refractivity contribution in [2.45, 2.75) is 18.4 Å². The number of sulfonamides is 1. The van der Waals surface area contributed by atoms with E-state index >= 15 is 0 Å². The van der Waals surface area contributed by atoms with Crippen LogP contribution >= 0.6 is 0 Å². The van der Waals surface area contributed by atoms with Gasteiger partial charge in [-0.05, 0) is 25.1 Å². The van der Waals surface area contributed by atoms with E-state index in [1.54, 1.807) is 6.92 Å². The van der Waals surface area contributed by atoms with Crippen LogP contribution in [0.1, 0.15) is 17.4 Å². The predicted octanol–water partition coefficient (Wildman–Crippen LogP) is 1.54. The number of hydrogen-bond donors (Lipinski definition) is 2. The van der Waals surface area contributed by atoms with Crippen molar-refractivity contribution in [1.29, 1.82) is 0 Å². The number of halogens is 1. The molecule has 0 aromatic carbocycles. The molecule has 0 saturated heterocycles. The zero-order valence-electron chi connectivity index (χ0n) is 10.9. The van der Waals surface area contributed by atoms with Crippen LogP contribution in [0, 0.1) is 5.95 Å². The standard InChI is InChI=1S/C12H12FN3O4S/c1-2-16-7-9(5-10(16)12(17)18)21(19,20)15-8-3-4-11(13)14-6-8/h3-7,15H,2H2,1H3,(H,17,18). The Kier molecular flexibility index (Phi) is 3.94. The molecule has 0 spiro atoms. The van der Waals surface area contributed by atoms with Crippen molar-refractivity contribution in [2.75, 3.05) is 4.72 Å². The van der Waals surface area contributed by atoms with Gasteiger partial charge in [0, 0.05) is 12.7 Å². The number of aryl methyl sites for hydroxylation is 1. The second-order valence-electron chi connectivity index (χ2n) is 4.13. The van der Waals surface area contributed by atoms with E-state index in [9.17, 15) is 17.6 Å². The van der Waals surface area contributed by atoms with Crippen LogP contribution in [0.3, 0.4) is 0 Å². The monoisotopic (exact) mass is 313 g/mol. The minimum absolute atomic E-state index is 0.0810. The normalized spacial score (nSPS) is 11.3. The summed E-state index contributed by atoms with van der Waals surface area (Å²) in [7, 11) is -3.97. The molecule has 7 nitrogen and oxygen atoms in total. The molecule has 0 radical (unpaired) electrons. The average molecular weight is 313 g/mol. The van der Waals surface area contributed by atoms with Crippen molar-refractivity contribution in [3.63, 3.8) is 0 Å². The Bertz CT molecular complexity index is 768. The summed E-state index contributed by atoms with van der Waals surface area (Å²) in [5, 5.41) is 9.01. The number of carbonyl (C=O) groups is 1. The van der Waals surface area contributed by atoms with E-state index in [-0.39, 0.29) is 16.3 Å². The second kappa shape index (κ2) is 5.52. The number of anilines is 1. The van der Waals surface area contributed by atoms with Gasteiger partial charge in [0.15, 0.2) is 0 Å². The number of hydrogen-bond acceptors (Lipinski definition) is 4. The molecular weight excluding hydrogens is 301 g/mol. The molecule has 0 aliphatic carbocycles. The SMILES string of the molecule is CCn1cc(S(=O)(=O)Nc2ccc(F)nc2)cc1C(=O)O. The first-order valence-electron chi connectivity index (χ1n) is 5.91. The first-order chi connectivity index (χ1) is 9.83. The number of aromatic carboxylic acids is 1. The molecule has 0 atom stereocenters. The number of nitrogens with one attached hydrogen (secondary N) is 1. The number of aromatic nitrogens is 2. The van der Waals surface area contributed by atoms with Crippen LogP contribution in [0.4, 0.5) is 10.1 Å². The van der Waals surface area contributed by atoms with Crippen molar-refractivity contribution >= 4 is 21.7 Å². The molecule has 0 aliphatic rings. The molecule has 0 bridgehead atoms. The van der Waals surface area contributed by atoms with Gasteiger partial charge in [-0.1, -0.05) is 0 Å². The van der Waals surface area contributed by atoms with Crippen LogP contribution in [0.25, 0.3) is 0 Å². The van der Waals surface area contributed by atoms with Gasteiger partial charge in [0.2, 0.25) is 5.95 Å². The van der Waals surface area contributed by atoms with E-state index in [1.165, 1.54) is 16.8 Å². The summed E-state index contributed by atoms with van der Waals surface area (Å²) in [5.41, 5.74) is -0.0485. The third-order valence-corrected chi connectivity index (χ3v) is 4.07. The minimum atomic E-state index is -3.97. The highest BCUT2D eigenvalue weighted by atomic mass is 32.2. The maximum atomic E-state index is 12.7. The molecule has 0 amide bonds. The topological polar surface area (TPSA) is 101 Å². The first-order valence-corrected chi connectivity index (χ1v) is 7.39. The lowest BCUT2D eigenvalue weighted by molar-refractivity contribution is 0.0685. The molecule has 2 rings (SSSR count). The number of nitrogens with zero attached hydrogens (tertiary/aromatic N) is 2. The third-order valence-electron chi connectivity index (χ3n) is 2.72. The molecule has 9 heteroatoms. The molecule has 0 unspecified atom stereocenters. The fourth-order valence-corrected chi connectivity index (χ4v) is 2.80. The molecule has 2 aromatic heterocycles. The Morgan fingerprint density at radius 3 is 2.67 bits per heavy atom. The molecule has 112 valence electrons. The van der Waals surface area contributed by atoms with Gasteiger partial charge in [-0.25, -0.2) is 18.2 Å². The van der Waals surface area contributed by atoms with Gasteiger partial charge < -0.3 is 9.67 Å². The van der Waals surface area contributed by atoms with Gasteiger partial charge >= 0.3 is 5.97 Å². The van der Waals surface area contributed by atoms with Gasteiger partial charge in [0.1, 0.15) is 10.6 Å². The minimum Gasteiger partial charge on any atom is -0.477 e. The molecular formula is C12H12FN3O4S. The van der Waals surface area contributed by atoms with E-state index in [0.717, 1.165) is 18.3 Å². The van der Waals surface area contributed by atoms with Gasteiger partial charge in [-0.2, -0.15) is 4.39 Å². The van der Waals surface area contributed by atoms with E-state index in [0.29, 0.717) is 6.54 Å². The van der Waals surface area contributed by atoms with Gasteiger partial charge in [-0.15, -0.1) is 0 Å². The van der Waals surface area contributed by atoms with Crippen LogP contribution in [0.15, 0.2) is 35.5 Å². The predicted molar refractivity (Wildman–Crippen MR) is 72.1 cm³/mol. The highest BCUT2D eigenvalue weighted by Crippen LogP contribution is 2.18. The average Bonchev–Trinajstić information content (AvgIpc) is 2.86. The Hall–Kier alpha value is -2.42. The van der Waals surface area contributed by atoms with Crippen LogP contribution in [0.5, 0.6) is 0 Å². The Labute approximate surface area is 120 Å². The zero-order chi connectivity index (χ0) is 15.6. The lowest BCUT2D eigenvalue weighted by atomic mass is 10.4. The fourth-order valence-electron chi connectivity index (χ4n) is 1.72. The first kappa shape index (κ1) is 15.0. The Morgan fingerprint density at radius 2 is 2.19 bits per heavy atom. The van der Waals surface area contributed by atoms with Crippen LogP contribution < -0.4 is 4.72 Å². The number of pyridine rings is 1. The summed E-state index contributed by atoms with van der Waals surface area (Å²) in [6.07, 6.45) is 2.25. The highest BCUT2D eigenvalue weighted by Gasteiger charge is 2.21. The molecule has 0 saturated carbocycles. The summed E-state index contributed by atoms with van der Waals surface area (Å²) in [5.74, 6) is -1.95. The summed E-state index contributed by atoms with van der Waals surface area (Å²) >= 11 is 0. The third kappa shape index (κ3) is 3.19. The van der Waals surface area contributed by atoms with Gasteiger partial charge in [-0.3, -0.25) is 4.72 Å². The van der Waals surface area contributed by atoms with Crippen molar-refractivity contribution in [1.82, 2.24) is 9.55 Å². The van der Waals surface area contributed by atoms with E-state index < -0.39 is 21.9 Å². The van der Waals surface area contributed by atoms with Crippen molar-refractivity contribution in [3.8, 4) is 0 Å². The van der Waals surface area contributed by atoms with E-state index in [2.05, 4.69) is 9.71 Å². The highest BCUT2D eigenvalue weighted by molar-refractivity contribution is 7.92. The molecule has 0 fully saturated rings. The number of rotatable bonds is 5. The Balaban J connectivity index is 2.35. The largest absolute Gasteiger partial charge is 0.477 e. The maximum Gasteiger partial charge on any atom is 0.352 e. The summed E-state index contributed by atoms with van der Waals surface area (Å²) in [6.45, 7) is 2.01. The second-order valence-corrected chi connectivity index (χ2v) is 5.81.